The monoisotopic (exact) mass is 198 g/mol. The third kappa shape index (κ3) is 2.04. The SMILES string of the molecule is COc1cccc(C(C)O)c1C(C)F. The number of ether oxygens (including phenoxy) is 1. The summed E-state index contributed by atoms with van der Waals surface area (Å²) in [6, 6.07) is 5.14. The topological polar surface area (TPSA) is 29.5 Å². The van der Waals surface area contributed by atoms with E-state index in [0.29, 0.717) is 16.9 Å². The van der Waals surface area contributed by atoms with Crippen LogP contribution in [0, 0.1) is 0 Å². The number of benzene rings is 1. The molecule has 1 rings (SSSR count). The quantitative estimate of drug-likeness (QED) is 0.809. The van der Waals surface area contributed by atoms with Crippen LogP contribution in [0.5, 0.6) is 5.75 Å². The lowest BCUT2D eigenvalue weighted by Gasteiger charge is -2.16. The molecule has 2 atom stereocenters. The first kappa shape index (κ1) is 11.0. The average molecular weight is 198 g/mol. The Morgan fingerprint density at radius 1 is 1.36 bits per heavy atom. The second kappa shape index (κ2) is 4.42. The summed E-state index contributed by atoms with van der Waals surface area (Å²) >= 11 is 0. The Balaban J connectivity index is 3.28. The zero-order valence-electron chi connectivity index (χ0n) is 8.62. The van der Waals surface area contributed by atoms with E-state index >= 15 is 0 Å². The molecule has 0 bridgehead atoms. The minimum absolute atomic E-state index is 0.435. The predicted octanol–water partition coefficient (Wildman–Crippen LogP) is 2.78. The summed E-state index contributed by atoms with van der Waals surface area (Å²) in [6.45, 7) is 3.05. The van der Waals surface area contributed by atoms with E-state index in [1.54, 1.807) is 25.1 Å². The van der Waals surface area contributed by atoms with E-state index in [-0.39, 0.29) is 0 Å². The molecule has 0 aliphatic carbocycles. The van der Waals surface area contributed by atoms with Crippen molar-refractivity contribution < 1.29 is 14.2 Å². The summed E-state index contributed by atoms with van der Waals surface area (Å²) in [5.41, 5.74) is 1.02. The van der Waals surface area contributed by atoms with Crippen LogP contribution in [-0.2, 0) is 0 Å². The highest BCUT2D eigenvalue weighted by Crippen LogP contribution is 2.33. The van der Waals surface area contributed by atoms with Crippen molar-refractivity contribution in [2.45, 2.75) is 26.1 Å². The fourth-order valence-corrected chi connectivity index (χ4v) is 1.53. The van der Waals surface area contributed by atoms with Gasteiger partial charge in [-0.15, -0.1) is 0 Å². The molecular formula is C11H15FO2. The van der Waals surface area contributed by atoms with Crippen LogP contribution in [0.1, 0.15) is 37.3 Å². The molecule has 0 aliphatic heterocycles. The molecule has 0 saturated carbocycles. The summed E-state index contributed by atoms with van der Waals surface area (Å²) in [7, 11) is 1.49. The Morgan fingerprint density at radius 2 is 2.00 bits per heavy atom. The van der Waals surface area contributed by atoms with Crippen LogP contribution in [0.2, 0.25) is 0 Å². The van der Waals surface area contributed by atoms with Crippen LogP contribution >= 0.6 is 0 Å². The molecule has 0 aliphatic rings. The molecule has 2 nitrogen and oxygen atoms in total. The van der Waals surface area contributed by atoms with Gasteiger partial charge in [0.15, 0.2) is 0 Å². The van der Waals surface area contributed by atoms with Gasteiger partial charge in [0.25, 0.3) is 0 Å². The van der Waals surface area contributed by atoms with Crippen LogP contribution in [0.15, 0.2) is 18.2 Å². The van der Waals surface area contributed by atoms with E-state index in [4.69, 9.17) is 4.74 Å². The minimum Gasteiger partial charge on any atom is -0.496 e. The molecule has 78 valence electrons. The van der Waals surface area contributed by atoms with Gasteiger partial charge < -0.3 is 9.84 Å². The first-order chi connectivity index (χ1) is 6.57. The second-order valence-corrected chi connectivity index (χ2v) is 3.26. The van der Waals surface area contributed by atoms with Gasteiger partial charge in [-0.3, -0.25) is 0 Å². The van der Waals surface area contributed by atoms with E-state index < -0.39 is 12.3 Å². The second-order valence-electron chi connectivity index (χ2n) is 3.26. The number of methoxy groups -OCH3 is 1. The van der Waals surface area contributed by atoms with Crippen molar-refractivity contribution in [2.75, 3.05) is 7.11 Å². The highest BCUT2D eigenvalue weighted by molar-refractivity contribution is 5.42. The first-order valence-corrected chi connectivity index (χ1v) is 4.56. The van der Waals surface area contributed by atoms with Gasteiger partial charge in [-0.25, -0.2) is 4.39 Å². The van der Waals surface area contributed by atoms with Crippen molar-refractivity contribution in [1.82, 2.24) is 0 Å². The fourth-order valence-electron chi connectivity index (χ4n) is 1.53. The number of hydrogen-bond donors (Lipinski definition) is 1. The van der Waals surface area contributed by atoms with Crippen molar-refractivity contribution in [3.63, 3.8) is 0 Å². The van der Waals surface area contributed by atoms with Gasteiger partial charge in [0.05, 0.1) is 13.2 Å². The maximum Gasteiger partial charge on any atom is 0.126 e. The molecule has 0 fully saturated rings. The lowest BCUT2D eigenvalue weighted by molar-refractivity contribution is 0.194. The Labute approximate surface area is 83.3 Å². The first-order valence-electron chi connectivity index (χ1n) is 4.56. The zero-order valence-corrected chi connectivity index (χ0v) is 8.62. The van der Waals surface area contributed by atoms with Crippen molar-refractivity contribution in [2.24, 2.45) is 0 Å². The van der Waals surface area contributed by atoms with E-state index in [0.717, 1.165) is 0 Å². The third-order valence-electron chi connectivity index (χ3n) is 2.17. The number of alkyl halides is 1. The van der Waals surface area contributed by atoms with Gasteiger partial charge in [-0.05, 0) is 25.5 Å². The molecule has 0 amide bonds. The number of hydrogen-bond acceptors (Lipinski definition) is 2. The van der Waals surface area contributed by atoms with E-state index in [1.165, 1.54) is 14.0 Å². The van der Waals surface area contributed by atoms with Crippen molar-refractivity contribution >= 4 is 0 Å². The molecule has 0 saturated heterocycles. The molecule has 1 N–H and O–H groups in total. The van der Waals surface area contributed by atoms with Gasteiger partial charge in [-0.1, -0.05) is 12.1 Å². The standard InChI is InChI=1S/C11H15FO2/c1-7(12)11-9(8(2)13)5-4-6-10(11)14-3/h4-8,13H,1-3H3. The summed E-state index contributed by atoms with van der Waals surface area (Å²) in [5.74, 6) is 0.485. The highest BCUT2D eigenvalue weighted by Gasteiger charge is 2.17. The predicted molar refractivity (Wildman–Crippen MR) is 53.2 cm³/mol. The normalized spacial score (nSPS) is 14.9. The molecule has 0 spiro atoms. The fraction of sp³-hybridized carbons (Fsp3) is 0.455. The third-order valence-corrected chi connectivity index (χ3v) is 2.17. The van der Waals surface area contributed by atoms with Crippen LogP contribution < -0.4 is 4.74 Å². The van der Waals surface area contributed by atoms with Crippen molar-refractivity contribution in [1.29, 1.82) is 0 Å². The number of aliphatic hydroxyl groups excluding tert-OH is 1. The zero-order chi connectivity index (χ0) is 10.7. The van der Waals surface area contributed by atoms with Crippen molar-refractivity contribution in [3.8, 4) is 5.75 Å². The van der Waals surface area contributed by atoms with Gasteiger partial charge in [-0.2, -0.15) is 0 Å². The summed E-state index contributed by atoms with van der Waals surface area (Å²) in [5, 5.41) is 9.45. The minimum atomic E-state index is -1.14. The van der Waals surface area contributed by atoms with E-state index in [2.05, 4.69) is 0 Å². The summed E-state index contributed by atoms with van der Waals surface area (Å²) in [6.07, 6.45) is -1.82. The summed E-state index contributed by atoms with van der Waals surface area (Å²) < 4.78 is 18.4. The van der Waals surface area contributed by atoms with Gasteiger partial charge >= 0.3 is 0 Å². The van der Waals surface area contributed by atoms with Gasteiger partial charge in [0.1, 0.15) is 11.9 Å². The molecule has 14 heavy (non-hydrogen) atoms. The maximum absolute atomic E-state index is 13.3. The molecule has 0 radical (unpaired) electrons. The largest absolute Gasteiger partial charge is 0.496 e. The Kier molecular flexibility index (Phi) is 3.47. The van der Waals surface area contributed by atoms with Crippen LogP contribution in [0.4, 0.5) is 4.39 Å². The smallest absolute Gasteiger partial charge is 0.126 e. The molecule has 0 heterocycles. The lowest BCUT2D eigenvalue weighted by Crippen LogP contribution is -2.02. The van der Waals surface area contributed by atoms with Gasteiger partial charge in [0.2, 0.25) is 0 Å². The Hall–Kier alpha value is -1.09. The van der Waals surface area contributed by atoms with E-state index in [1.807, 2.05) is 0 Å². The van der Waals surface area contributed by atoms with Crippen molar-refractivity contribution in [3.05, 3.63) is 29.3 Å². The Morgan fingerprint density at radius 3 is 2.43 bits per heavy atom. The van der Waals surface area contributed by atoms with Crippen LogP contribution in [0.25, 0.3) is 0 Å². The number of halogens is 1. The van der Waals surface area contributed by atoms with E-state index in [9.17, 15) is 9.50 Å². The molecular weight excluding hydrogens is 183 g/mol. The molecule has 1 aromatic rings. The lowest BCUT2D eigenvalue weighted by atomic mass is 9.99. The van der Waals surface area contributed by atoms with Gasteiger partial charge in [0, 0.05) is 5.56 Å². The Bertz CT molecular complexity index is 308. The number of aliphatic hydroxyl groups is 1. The maximum atomic E-state index is 13.3. The number of rotatable bonds is 3. The molecule has 1 aromatic carbocycles. The summed E-state index contributed by atoms with van der Waals surface area (Å²) in [4.78, 5) is 0. The van der Waals surface area contributed by atoms with Crippen LogP contribution in [-0.4, -0.2) is 12.2 Å². The molecule has 0 aromatic heterocycles. The van der Waals surface area contributed by atoms with Crippen LogP contribution in [0.3, 0.4) is 0 Å². The molecule has 2 unspecified atom stereocenters. The molecule has 3 heteroatoms. The average Bonchev–Trinajstić information content (AvgIpc) is 2.16. The highest BCUT2D eigenvalue weighted by atomic mass is 19.1.